The largest absolute Gasteiger partial charge is 0.443 e. The SMILES string of the molecule is Cc1cccc(COC(=O)NC(C)(C)C)n1. The van der Waals surface area contributed by atoms with Gasteiger partial charge in [-0.05, 0) is 39.8 Å². The van der Waals surface area contributed by atoms with Crippen LogP contribution in [0.4, 0.5) is 4.79 Å². The molecule has 0 spiro atoms. The lowest BCUT2D eigenvalue weighted by atomic mass is 10.1. The molecule has 4 heteroatoms. The lowest BCUT2D eigenvalue weighted by Gasteiger charge is -2.19. The van der Waals surface area contributed by atoms with Crippen LogP contribution in [0.1, 0.15) is 32.2 Å². The Balaban J connectivity index is 2.43. The van der Waals surface area contributed by atoms with Crippen LogP contribution in [0, 0.1) is 6.92 Å². The van der Waals surface area contributed by atoms with Gasteiger partial charge in [0.1, 0.15) is 6.61 Å². The fourth-order valence-electron chi connectivity index (χ4n) is 1.16. The maximum atomic E-state index is 11.4. The third-order valence-electron chi connectivity index (χ3n) is 1.77. The fourth-order valence-corrected chi connectivity index (χ4v) is 1.16. The molecule has 16 heavy (non-hydrogen) atoms. The fraction of sp³-hybridized carbons (Fsp3) is 0.500. The molecule has 0 aromatic carbocycles. The van der Waals surface area contributed by atoms with Crippen LogP contribution in [0.3, 0.4) is 0 Å². The normalized spacial score (nSPS) is 11.0. The smallest absolute Gasteiger partial charge is 0.407 e. The van der Waals surface area contributed by atoms with Crippen molar-refractivity contribution in [3.05, 3.63) is 29.6 Å². The van der Waals surface area contributed by atoms with E-state index in [2.05, 4.69) is 10.3 Å². The summed E-state index contributed by atoms with van der Waals surface area (Å²) in [5.74, 6) is 0. The van der Waals surface area contributed by atoms with Crippen molar-refractivity contribution in [2.24, 2.45) is 0 Å². The summed E-state index contributed by atoms with van der Waals surface area (Å²) < 4.78 is 5.05. The van der Waals surface area contributed by atoms with E-state index in [1.807, 2.05) is 45.9 Å². The van der Waals surface area contributed by atoms with E-state index in [0.717, 1.165) is 11.4 Å². The van der Waals surface area contributed by atoms with Crippen LogP contribution in [0.25, 0.3) is 0 Å². The standard InChI is InChI=1S/C12H18N2O2/c1-9-6-5-7-10(13-9)8-16-11(15)14-12(2,3)4/h5-7H,8H2,1-4H3,(H,14,15). The van der Waals surface area contributed by atoms with E-state index >= 15 is 0 Å². The van der Waals surface area contributed by atoms with Crippen molar-refractivity contribution in [3.63, 3.8) is 0 Å². The second-order valence-electron chi connectivity index (χ2n) is 4.72. The molecule has 1 N–H and O–H groups in total. The minimum Gasteiger partial charge on any atom is -0.443 e. The number of nitrogens with one attached hydrogen (secondary N) is 1. The Bertz CT molecular complexity index is 370. The molecule has 1 aromatic rings. The molecule has 1 aromatic heterocycles. The van der Waals surface area contributed by atoms with E-state index in [1.165, 1.54) is 0 Å². The van der Waals surface area contributed by atoms with Gasteiger partial charge < -0.3 is 10.1 Å². The number of amides is 1. The first-order valence-corrected chi connectivity index (χ1v) is 5.24. The average molecular weight is 222 g/mol. The van der Waals surface area contributed by atoms with Gasteiger partial charge in [0, 0.05) is 11.2 Å². The summed E-state index contributed by atoms with van der Waals surface area (Å²) >= 11 is 0. The van der Waals surface area contributed by atoms with E-state index in [-0.39, 0.29) is 12.1 Å². The Kier molecular flexibility index (Phi) is 3.88. The molecule has 0 aliphatic heterocycles. The Morgan fingerprint density at radius 2 is 2.12 bits per heavy atom. The van der Waals surface area contributed by atoms with Gasteiger partial charge in [0.15, 0.2) is 0 Å². The third kappa shape index (κ3) is 4.77. The van der Waals surface area contributed by atoms with Crippen molar-refractivity contribution in [2.75, 3.05) is 0 Å². The molecule has 4 nitrogen and oxygen atoms in total. The molecule has 0 bridgehead atoms. The van der Waals surface area contributed by atoms with Gasteiger partial charge in [-0.15, -0.1) is 0 Å². The van der Waals surface area contributed by atoms with Crippen molar-refractivity contribution in [3.8, 4) is 0 Å². The predicted octanol–water partition coefficient (Wildman–Crippen LogP) is 2.41. The zero-order valence-electron chi connectivity index (χ0n) is 10.2. The average Bonchev–Trinajstić information content (AvgIpc) is 2.12. The van der Waals surface area contributed by atoms with Crippen LogP contribution < -0.4 is 5.32 Å². The van der Waals surface area contributed by atoms with Crippen LogP contribution in [0.5, 0.6) is 0 Å². The molecule has 0 fully saturated rings. The molecule has 0 aliphatic rings. The zero-order valence-corrected chi connectivity index (χ0v) is 10.2. The molecule has 1 rings (SSSR count). The number of hydrogen-bond acceptors (Lipinski definition) is 3. The van der Waals surface area contributed by atoms with Crippen molar-refractivity contribution in [1.29, 1.82) is 0 Å². The van der Waals surface area contributed by atoms with Crippen LogP contribution in [0.15, 0.2) is 18.2 Å². The number of hydrogen-bond donors (Lipinski definition) is 1. The first-order valence-electron chi connectivity index (χ1n) is 5.24. The maximum Gasteiger partial charge on any atom is 0.407 e. The van der Waals surface area contributed by atoms with Crippen molar-refractivity contribution in [1.82, 2.24) is 10.3 Å². The highest BCUT2D eigenvalue weighted by molar-refractivity contribution is 5.68. The van der Waals surface area contributed by atoms with Crippen LogP contribution in [-0.2, 0) is 11.3 Å². The molecule has 0 atom stereocenters. The summed E-state index contributed by atoms with van der Waals surface area (Å²) in [6.07, 6.45) is -0.421. The quantitative estimate of drug-likeness (QED) is 0.836. The minimum atomic E-state index is -0.421. The Labute approximate surface area is 96.0 Å². The molecule has 0 saturated heterocycles. The summed E-state index contributed by atoms with van der Waals surface area (Å²) in [5.41, 5.74) is 1.39. The molecule has 1 heterocycles. The monoisotopic (exact) mass is 222 g/mol. The Morgan fingerprint density at radius 3 is 2.69 bits per heavy atom. The number of carbonyl (C=O) groups excluding carboxylic acids is 1. The number of ether oxygens (including phenoxy) is 1. The minimum absolute atomic E-state index is 0.198. The summed E-state index contributed by atoms with van der Waals surface area (Å²) in [7, 11) is 0. The van der Waals surface area contributed by atoms with Crippen LogP contribution >= 0.6 is 0 Å². The number of carbonyl (C=O) groups is 1. The van der Waals surface area contributed by atoms with Gasteiger partial charge in [-0.2, -0.15) is 0 Å². The third-order valence-corrected chi connectivity index (χ3v) is 1.77. The lowest BCUT2D eigenvalue weighted by molar-refractivity contribution is 0.130. The molecule has 0 radical (unpaired) electrons. The highest BCUT2D eigenvalue weighted by Crippen LogP contribution is 2.02. The Hall–Kier alpha value is -1.58. The van der Waals surface area contributed by atoms with Gasteiger partial charge in [0.25, 0.3) is 0 Å². The van der Waals surface area contributed by atoms with Gasteiger partial charge in [-0.3, -0.25) is 4.98 Å². The highest BCUT2D eigenvalue weighted by atomic mass is 16.5. The van der Waals surface area contributed by atoms with Gasteiger partial charge >= 0.3 is 6.09 Å². The number of aryl methyl sites for hydroxylation is 1. The van der Waals surface area contributed by atoms with Crippen molar-refractivity contribution < 1.29 is 9.53 Å². The van der Waals surface area contributed by atoms with Gasteiger partial charge in [-0.25, -0.2) is 4.79 Å². The van der Waals surface area contributed by atoms with Crippen LogP contribution in [-0.4, -0.2) is 16.6 Å². The van der Waals surface area contributed by atoms with Crippen molar-refractivity contribution >= 4 is 6.09 Å². The molecular weight excluding hydrogens is 204 g/mol. The summed E-state index contributed by atoms with van der Waals surface area (Å²) in [6, 6.07) is 5.62. The molecule has 0 aliphatic carbocycles. The first-order chi connectivity index (χ1) is 7.37. The van der Waals surface area contributed by atoms with E-state index in [4.69, 9.17) is 4.74 Å². The highest BCUT2D eigenvalue weighted by Gasteiger charge is 2.14. The van der Waals surface area contributed by atoms with Crippen molar-refractivity contribution in [2.45, 2.75) is 39.8 Å². The molecular formula is C12H18N2O2. The predicted molar refractivity (Wildman–Crippen MR) is 62.0 cm³/mol. The molecule has 88 valence electrons. The summed E-state index contributed by atoms with van der Waals surface area (Å²) in [6.45, 7) is 7.81. The summed E-state index contributed by atoms with van der Waals surface area (Å²) in [4.78, 5) is 15.6. The lowest BCUT2D eigenvalue weighted by Crippen LogP contribution is -2.40. The van der Waals surface area contributed by atoms with E-state index in [1.54, 1.807) is 0 Å². The second-order valence-corrected chi connectivity index (χ2v) is 4.72. The second kappa shape index (κ2) is 4.96. The van der Waals surface area contributed by atoms with E-state index in [0.29, 0.717) is 0 Å². The topological polar surface area (TPSA) is 51.2 Å². The number of nitrogens with zero attached hydrogens (tertiary/aromatic N) is 1. The van der Waals surface area contributed by atoms with Gasteiger partial charge in [0.2, 0.25) is 0 Å². The summed E-state index contributed by atoms with van der Waals surface area (Å²) in [5, 5.41) is 2.72. The molecule has 0 saturated carbocycles. The maximum absolute atomic E-state index is 11.4. The number of rotatable bonds is 2. The number of pyridine rings is 1. The van der Waals surface area contributed by atoms with E-state index in [9.17, 15) is 4.79 Å². The van der Waals surface area contributed by atoms with Gasteiger partial charge in [-0.1, -0.05) is 6.07 Å². The van der Waals surface area contributed by atoms with E-state index < -0.39 is 6.09 Å². The molecule has 1 amide bonds. The number of aromatic nitrogens is 1. The van der Waals surface area contributed by atoms with Crippen LogP contribution in [0.2, 0.25) is 0 Å². The first kappa shape index (κ1) is 12.5. The van der Waals surface area contributed by atoms with Gasteiger partial charge in [0.05, 0.1) is 5.69 Å². The Morgan fingerprint density at radius 1 is 1.44 bits per heavy atom. The zero-order chi connectivity index (χ0) is 12.2. The number of alkyl carbamates (subject to hydrolysis) is 1. The molecule has 0 unspecified atom stereocenters.